The molecule has 0 aromatic heterocycles. The molecular weight excluding hydrogens is 695 g/mol. The fourth-order valence-corrected chi connectivity index (χ4v) is 9.96. The predicted octanol–water partition coefficient (Wildman–Crippen LogP) is 5.58. The van der Waals surface area contributed by atoms with E-state index >= 15 is 0 Å². The molecule has 1 heterocycles. The molecule has 4 fully saturated rings. The molecule has 2 aromatic carbocycles. The normalized spacial score (nSPS) is 27.1. The lowest BCUT2D eigenvalue weighted by Crippen LogP contribution is -2.62. The Hall–Kier alpha value is -3.22. The van der Waals surface area contributed by atoms with Gasteiger partial charge in [0.05, 0.1) is 26.4 Å². The molecule has 9 atom stereocenters. The summed E-state index contributed by atoms with van der Waals surface area (Å²) in [5, 5.41) is 29.7. The molecule has 2 bridgehead atoms. The number of hydrogen-bond donors (Lipinski definition) is 4. The van der Waals surface area contributed by atoms with Gasteiger partial charge in [0, 0.05) is 60.0 Å². The largest absolute Gasteiger partial charge is 0.496 e. The number of aliphatic hydroxyl groups is 2. The van der Waals surface area contributed by atoms with Crippen LogP contribution >= 0.6 is 0 Å². The number of nitrogens with one attached hydrogen (secondary N) is 2. The molecule has 11 heteroatoms. The van der Waals surface area contributed by atoms with Crippen LogP contribution in [0.2, 0.25) is 0 Å². The maximum atomic E-state index is 14.3. The third kappa shape index (κ3) is 9.17. The highest BCUT2D eigenvalue weighted by atomic mass is 16.7. The number of para-hydroxylation sites is 1. The molecule has 0 radical (unpaired) electrons. The van der Waals surface area contributed by atoms with Gasteiger partial charge in [0.15, 0.2) is 0 Å². The van der Waals surface area contributed by atoms with Crippen molar-refractivity contribution in [1.82, 2.24) is 20.6 Å². The van der Waals surface area contributed by atoms with Gasteiger partial charge in [-0.2, -0.15) is 5.06 Å². The molecular formula is C44H69N5O6. The van der Waals surface area contributed by atoms with Crippen LogP contribution in [-0.4, -0.2) is 110 Å². The summed E-state index contributed by atoms with van der Waals surface area (Å²) in [5.41, 5.74) is 4.21. The predicted molar refractivity (Wildman–Crippen MR) is 219 cm³/mol. The summed E-state index contributed by atoms with van der Waals surface area (Å²) in [6.07, 6.45) is 1.36. The lowest BCUT2D eigenvalue weighted by atomic mass is 9.45. The summed E-state index contributed by atoms with van der Waals surface area (Å²) < 4.78 is 6.14. The van der Waals surface area contributed by atoms with Crippen molar-refractivity contribution in [3.05, 3.63) is 47.5 Å². The van der Waals surface area contributed by atoms with Crippen LogP contribution in [0.15, 0.2) is 36.4 Å². The Morgan fingerprint density at radius 2 is 1.80 bits per heavy atom. The van der Waals surface area contributed by atoms with E-state index < -0.39 is 24.2 Å². The Kier molecular flexibility index (Phi) is 14.0. The third-order valence-corrected chi connectivity index (χ3v) is 13.0. The number of hydroxylamine groups is 2. The van der Waals surface area contributed by atoms with E-state index in [-0.39, 0.29) is 42.5 Å². The third-order valence-electron chi connectivity index (χ3n) is 13.0. The minimum absolute atomic E-state index is 0.00129. The molecule has 1 aliphatic heterocycles. The number of aliphatic hydroxyl groups excluding tert-OH is 2. The number of anilines is 1. The van der Waals surface area contributed by atoms with Gasteiger partial charge in [-0.15, -0.1) is 0 Å². The fraction of sp³-hybridized carbons (Fsp3) is 0.682. The molecule has 3 saturated carbocycles. The van der Waals surface area contributed by atoms with Gasteiger partial charge in [0.1, 0.15) is 17.9 Å². The van der Waals surface area contributed by atoms with Crippen LogP contribution in [0.3, 0.4) is 0 Å². The van der Waals surface area contributed by atoms with Crippen molar-refractivity contribution in [3.8, 4) is 16.9 Å². The Balaban J connectivity index is 1.48. The zero-order valence-corrected chi connectivity index (χ0v) is 35.3. The Morgan fingerprint density at radius 3 is 2.36 bits per heavy atom. The summed E-state index contributed by atoms with van der Waals surface area (Å²) in [4.78, 5) is 38.9. The van der Waals surface area contributed by atoms with Crippen LogP contribution < -0.4 is 20.3 Å². The highest BCUT2D eigenvalue weighted by Crippen LogP contribution is 2.61. The van der Waals surface area contributed by atoms with Gasteiger partial charge in [-0.25, -0.2) is 0 Å². The average molecular weight is 764 g/mol. The lowest BCUT2D eigenvalue weighted by Gasteiger charge is -2.62. The van der Waals surface area contributed by atoms with Crippen molar-refractivity contribution in [2.45, 2.75) is 112 Å². The maximum absolute atomic E-state index is 14.3. The van der Waals surface area contributed by atoms with E-state index in [0.29, 0.717) is 35.0 Å². The Labute approximate surface area is 330 Å². The van der Waals surface area contributed by atoms with Crippen LogP contribution in [0.4, 0.5) is 5.69 Å². The Morgan fingerprint density at radius 1 is 1.09 bits per heavy atom. The van der Waals surface area contributed by atoms with Gasteiger partial charge < -0.3 is 35.4 Å². The number of benzene rings is 2. The summed E-state index contributed by atoms with van der Waals surface area (Å²) in [6, 6.07) is 11.1. The van der Waals surface area contributed by atoms with Crippen LogP contribution in [0.5, 0.6) is 5.75 Å². The van der Waals surface area contributed by atoms with Crippen molar-refractivity contribution in [3.63, 3.8) is 0 Å². The molecule has 11 nitrogen and oxygen atoms in total. The van der Waals surface area contributed by atoms with E-state index in [4.69, 9.17) is 9.57 Å². The summed E-state index contributed by atoms with van der Waals surface area (Å²) in [6.45, 7) is 19.3. The molecule has 2 unspecified atom stereocenters. The molecule has 306 valence electrons. The fourth-order valence-electron chi connectivity index (χ4n) is 9.96. The molecule has 2 amide bonds. The molecule has 0 spiro atoms. The molecule has 2 aromatic rings. The number of carbonyl (C=O) groups is 2. The van der Waals surface area contributed by atoms with Crippen molar-refractivity contribution >= 4 is 17.5 Å². The second kappa shape index (κ2) is 17.9. The molecule has 1 saturated heterocycles. The first-order valence-corrected chi connectivity index (χ1v) is 20.6. The van der Waals surface area contributed by atoms with Crippen LogP contribution in [0, 0.1) is 35.0 Å². The standard InChI is InChI=1S/C44H69N5O6/c1-12-48(13-2)34-19-30(18-31(20-34)42(52)45-33(17-26(3)4)24-47(9)10)35-16-14-15-29(41(35)54-11)23-49-40(39(28(6)51)38(25-50)55-49)43(53)46-37-22-32-21-36(27(37)5)44(32,7)8/h14-16,18-20,26-28,32-33,36-40,50-51H,12-13,17,21-25H2,1-11H3,(H,45,52)(H,46,53)/t27-,28-,32?,33-,36?,37-,38-,39+,40-/m0/s1. The van der Waals surface area contributed by atoms with E-state index in [2.05, 4.69) is 75.0 Å². The van der Waals surface area contributed by atoms with Gasteiger partial charge in [-0.3, -0.25) is 14.4 Å². The van der Waals surface area contributed by atoms with Gasteiger partial charge in [0.25, 0.3) is 5.91 Å². The second-order valence-corrected chi connectivity index (χ2v) is 17.7. The van der Waals surface area contributed by atoms with Crippen LogP contribution in [0.25, 0.3) is 11.1 Å². The number of fused-ring (bicyclic) bond motifs is 2. The average Bonchev–Trinajstić information content (AvgIpc) is 3.50. The van der Waals surface area contributed by atoms with E-state index in [1.54, 1.807) is 19.1 Å². The number of methoxy groups -OCH3 is 1. The quantitative estimate of drug-likeness (QED) is 0.164. The van der Waals surface area contributed by atoms with E-state index in [0.717, 1.165) is 54.9 Å². The first-order chi connectivity index (χ1) is 26.0. The van der Waals surface area contributed by atoms with Crippen molar-refractivity contribution in [2.24, 2.45) is 35.0 Å². The smallest absolute Gasteiger partial charge is 0.251 e. The molecule has 3 aliphatic carbocycles. The topological polar surface area (TPSA) is 127 Å². The number of ether oxygens (including phenoxy) is 1. The number of carbonyl (C=O) groups excluding carboxylic acids is 2. The number of amides is 2. The van der Waals surface area contributed by atoms with Crippen molar-refractivity contribution < 1.29 is 29.4 Å². The van der Waals surface area contributed by atoms with Crippen molar-refractivity contribution in [2.75, 3.05) is 52.3 Å². The molecule has 4 N–H and O–H groups in total. The van der Waals surface area contributed by atoms with E-state index in [9.17, 15) is 19.8 Å². The monoisotopic (exact) mass is 764 g/mol. The minimum atomic E-state index is -0.896. The van der Waals surface area contributed by atoms with Gasteiger partial charge in [-0.05, 0) is 107 Å². The molecule has 4 aliphatic rings. The van der Waals surface area contributed by atoms with Gasteiger partial charge in [-0.1, -0.05) is 52.8 Å². The van der Waals surface area contributed by atoms with Crippen molar-refractivity contribution in [1.29, 1.82) is 0 Å². The second-order valence-electron chi connectivity index (χ2n) is 17.7. The van der Waals surface area contributed by atoms with E-state index in [1.165, 1.54) is 6.42 Å². The van der Waals surface area contributed by atoms with Gasteiger partial charge >= 0.3 is 0 Å². The molecule has 55 heavy (non-hydrogen) atoms. The minimum Gasteiger partial charge on any atom is -0.496 e. The summed E-state index contributed by atoms with van der Waals surface area (Å²) >= 11 is 0. The SMILES string of the molecule is CCN(CC)c1cc(C(=O)N[C@@H](CC(C)C)CN(C)C)cc(-c2cccc(CN3O[C@@H](CO)[C@@H]([C@H](C)O)[C@H]3C(=O)N[C@H]3CC4CC([C@@H]3C)C4(C)C)c2OC)c1. The highest BCUT2D eigenvalue weighted by Gasteiger charge is 2.57. The Bertz CT molecular complexity index is 1620. The summed E-state index contributed by atoms with van der Waals surface area (Å²) in [5.74, 6) is 1.55. The lowest BCUT2D eigenvalue weighted by molar-refractivity contribution is -0.183. The number of likely N-dealkylation sites (N-methyl/N-ethyl adjacent to an activating group) is 1. The number of nitrogens with zero attached hydrogens (tertiary/aromatic N) is 3. The zero-order chi connectivity index (χ0) is 40.4. The van der Waals surface area contributed by atoms with Crippen LogP contribution in [-0.2, 0) is 16.2 Å². The highest BCUT2D eigenvalue weighted by molar-refractivity contribution is 5.97. The van der Waals surface area contributed by atoms with Crippen LogP contribution in [0.1, 0.15) is 90.6 Å². The summed E-state index contributed by atoms with van der Waals surface area (Å²) in [7, 11) is 5.67. The molecule has 6 rings (SSSR count). The maximum Gasteiger partial charge on any atom is 0.251 e. The zero-order valence-electron chi connectivity index (χ0n) is 35.3. The first-order valence-electron chi connectivity index (χ1n) is 20.6. The first kappa shape index (κ1) is 42.9. The van der Waals surface area contributed by atoms with Gasteiger partial charge in [0.2, 0.25) is 5.91 Å². The number of hydrogen-bond acceptors (Lipinski definition) is 9. The number of rotatable bonds is 17. The van der Waals surface area contributed by atoms with E-state index in [1.807, 2.05) is 44.4 Å².